The van der Waals surface area contributed by atoms with E-state index in [0.29, 0.717) is 36.2 Å². The van der Waals surface area contributed by atoms with Crippen LogP contribution in [0.15, 0.2) is 59.2 Å². The van der Waals surface area contributed by atoms with Gasteiger partial charge < -0.3 is 14.8 Å². The molecule has 2 heterocycles. The maximum Gasteiger partial charge on any atom is 0.295 e. The lowest BCUT2D eigenvalue weighted by Gasteiger charge is -2.37. The fourth-order valence-corrected chi connectivity index (χ4v) is 4.23. The number of allylic oxidation sites excluding steroid dienone is 1. The highest BCUT2D eigenvalue weighted by molar-refractivity contribution is 9.10. The summed E-state index contributed by atoms with van der Waals surface area (Å²) in [5, 5.41) is 9.28. The maximum absolute atomic E-state index is 14.3. The highest BCUT2D eigenvalue weighted by atomic mass is 79.9. The van der Waals surface area contributed by atoms with Gasteiger partial charge in [-0.3, -0.25) is 9.59 Å². The van der Waals surface area contributed by atoms with Gasteiger partial charge in [0, 0.05) is 48.3 Å². The molecular formula is C23H18BrFN4O2. The fourth-order valence-electron chi connectivity index (χ4n) is 3.79. The number of rotatable bonds is 4. The number of nitriles is 1. The number of hydrogen-bond donors (Lipinski definition) is 1. The van der Waals surface area contributed by atoms with Crippen LogP contribution in [0.4, 0.5) is 4.39 Å². The Morgan fingerprint density at radius 3 is 2.42 bits per heavy atom. The Hall–Kier alpha value is -3.44. The maximum atomic E-state index is 14.3. The van der Waals surface area contributed by atoms with Crippen LogP contribution in [0.1, 0.15) is 15.9 Å². The van der Waals surface area contributed by atoms with Crippen molar-refractivity contribution in [2.45, 2.75) is 0 Å². The van der Waals surface area contributed by atoms with Crippen molar-refractivity contribution in [1.82, 2.24) is 14.8 Å². The van der Waals surface area contributed by atoms with Crippen molar-refractivity contribution in [2.75, 3.05) is 26.2 Å². The second-order valence-electron chi connectivity index (χ2n) is 7.11. The van der Waals surface area contributed by atoms with Gasteiger partial charge in [0.1, 0.15) is 5.82 Å². The standard InChI is InChI=1S/C23H18BrFN4O2/c24-17-6-7-18(25)20-16(14-27-21(17)20)22(30)23(31)29-12-10-28(11-13-29)19(8-9-26)15-4-2-1-3-5-15/h1-8,14,27H,10-13H2/b19-8+. The number of aromatic nitrogens is 1. The van der Waals surface area contributed by atoms with Gasteiger partial charge in [-0.05, 0) is 33.6 Å². The zero-order chi connectivity index (χ0) is 22.0. The SMILES string of the molecule is N#C/C=C(\c1ccccc1)N1CCN(C(=O)C(=O)c2c[nH]c3c(Br)ccc(F)c23)CC1. The second kappa shape index (κ2) is 8.74. The Labute approximate surface area is 186 Å². The normalized spacial score (nSPS) is 14.5. The Balaban J connectivity index is 1.50. The van der Waals surface area contributed by atoms with E-state index in [4.69, 9.17) is 0 Å². The van der Waals surface area contributed by atoms with Crippen molar-refractivity contribution in [3.05, 3.63) is 76.2 Å². The van der Waals surface area contributed by atoms with E-state index >= 15 is 0 Å². The van der Waals surface area contributed by atoms with Crippen molar-refractivity contribution in [1.29, 1.82) is 5.26 Å². The molecule has 4 rings (SSSR count). The first kappa shape index (κ1) is 20.8. The summed E-state index contributed by atoms with van der Waals surface area (Å²) in [5.41, 5.74) is 2.16. The Bertz CT molecular complexity index is 1220. The topological polar surface area (TPSA) is 80.2 Å². The van der Waals surface area contributed by atoms with Crippen LogP contribution in [-0.2, 0) is 4.79 Å². The molecule has 1 amide bonds. The molecule has 1 aliphatic rings. The van der Waals surface area contributed by atoms with Gasteiger partial charge >= 0.3 is 0 Å². The molecule has 6 nitrogen and oxygen atoms in total. The van der Waals surface area contributed by atoms with Gasteiger partial charge in [-0.1, -0.05) is 30.3 Å². The number of Topliss-reactive ketones (excluding diaryl/α,β-unsaturated/α-hetero) is 1. The van der Waals surface area contributed by atoms with Crippen LogP contribution in [0.2, 0.25) is 0 Å². The molecule has 1 aliphatic heterocycles. The number of amides is 1. The molecule has 8 heteroatoms. The molecule has 1 fully saturated rings. The van der Waals surface area contributed by atoms with Crippen molar-refractivity contribution < 1.29 is 14.0 Å². The summed E-state index contributed by atoms with van der Waals surface area (Å²) in [7, 11) is 0. The lowest BCUT2D eigenvalue weighted by Crippen LogP contribution is -2.49. The van der Waals surface area contributed by atoms with Gasteiger partial charge in [0.05, 0.1) is 22.8 Å². The number of piperazine rings is 1. The van der Waals surface area contributed by atoms with Crippen molar-refractivity contribution in [3.63, 3.8) is 0 Å². The van der Waals surface area contributed by atoms with Gasteiger partial charge in [0.25, 0.3) is 11.7 Å². The van der Waals surface area contributed by atoms with E-state index in [1.807, 2.05) is 35.2 Å². The Kier molecular flexibility index (Phi) is 5.87. The third kappa shape index (κ3) is 3.97. The second-order valence-corrected chi connectivity index (χ2v) is 7.97. The number of carbonyl (C=O) groups is 2. The molecule has 156 valence electrons. The lowest BCUT2D eigenvalue weighted by atomic mass is 10.1. The minimum absolute atomic E-state index is 0.0237. The molecule has 0 atom stereocenters. The number of fused-ring (bicyclic) bond motifs is 1. The van der Waals surface area contributed by atoms with E-state index in [-0.39, 0.29) is 10.9 Å². The molecule has 1 saturated heterocycles. The average molecular weight is 481 g/mol. The van der Waals surface area contributed by atoms with Crippen molar-refractivity contribution in [2.24, 2.45) is 0 Å². The first-order valence-corrected chi connectivity index (χ1v) is 10.5. The molecule has 0 aliphatic carbocycles. The molecule has 0 unspecified atom stereocenters. The van der Waals surface area contributed by atoms with Gasteiger partial charge in [-0.2, -0.15) is 5.26 Å². The number of nitrogens with one attached hydrogen (secondary N) is 1. The number of nitrogens with zero attached hydrogens (tertiary/aromatic N) is 3. The molecule has 0 spiro atoms. The minimum atomic E-state index is -0.743. The molecule has 0 saturated carbocycles. The summed E-state index contributed by atoms with van der Waals surface area (Å²) in [6.45, 7) is 1.62. The molecule has 2 aromatic carbocycles. The number of H-pyrrole nitrogens is 1. The molecule has 0 bridgehead atoms. The van der Waals surface area contributed by atoms with E-state index in [1.165, 1.54) is 23.2 Å². The zero-order valence-electron chi connectivity index (χ0n) is 16.4. The van der Waals surface area contributed by atoms with Crippen LogP contribution in [0.3, 0.4) is 0 Å². The van der Waals surface area contributed by atoms with Crippen LogP contribution in [-0.4, -0.2) is 52.7 Å². The average Bonchev–Trinajstić information content (AvgIpc) is 3.26. The number of benzene rings is 2. The van der Waals surface area contributed by atoms with Gasteiger partial charge in [-0.15, -0.1) is 0 Å². The van der Waals surface area contributed by atoms with Crippen LogP contribution in [0.25, 0.3) is 16.6 Å². The highest BCUT2D eigenvalue weighted by Gasteiger charge is 2.30. The number of ketones is 1. The smallest absolute Gasteiger partial charge is 0.295 e. The molecular weight excluding hydrogens is 463 g/mol. The summed E-state index contributed by atoms with van der Waals surface area (Å²) in [6.07, 6.45) is 2.86. The van der Waals surface area contributed by atoms with E-state index in [1.54, 1.807) is 6.07 Å². The minimum Gasteiger partial charge on any atom is -0.367 e. The third-order valence-electron chi connectivity index (χ3n) is 5.35. The predicted molar refractivity (Wildman–Crippen MR) is 118 cm³/mol. The molecule has 1 aromatic heterocycles. The van der Waals surface area contributed by atoms with Gasteiger partial charge in [0.2, 0.25) is 0 Å². The predicted octanol–water partition coefficient (Wildman–Crippen LogP) is 3.96. The van der Waals surface area contributed by atoms with E-state index in [0.717, 1.165) is 11.3 Å². The Morgan fingerprint density at radius 1 is 1.06 bits per heavy atom. The summed E-state index contributed by atoms with van der Waals surface area (Å²) >= 11 is 3.32. The number of halogens is 2. The van der Waals surface area contributed by atoms with Crippen LogP contribution >= 0.6 is 15.9 Å². The van der Waals surface area contributed by atoms with E-state index in [2.05, 4.69) is 27.0 Å². The monoisotopic (exact) mass is 480 g/mol. The van der Waals surface area contributed by atoms with Gasteiger partial charge in [0.15, 0.2) is 0 Å². The largest absolute Gasteiger partial charge is 0.367 e. The highest BCUT2D eigenvalue weighted by Crippen LogP contribution is 2.29. The Morgan fingerprint density at radius 2 is 1.74 bits per heavy atom. The van der Waals surface area contributed by atoms with E-state index < -0.39 is 17.5 Å². The van der Waals surface area contributed by atoms with Gasteiger partial charge in [-0.25, -0.2) is 4.39 Å². The fraction of sp³-hybridized carbons (Fsp3) is 0.174. The summed E-state index contributed by atoms with van der Waals surface area (Å²) in [4.78, 5) is 32.1. The van der Waals surface area contributed by atoms with Crippen LogP contribution < -0.4 is 0 Å². The van der Waals surface area contributed by atoms with E-state index in [9.17, 15) is 19.2 Å². The zero-order valence-corrected chi connectivity index (χ0v) is 18.0. The van der Waals surface area contributed by atoms with Crippen LogP contribution in [0.5, 0.6) is 0 Å². The summed E-state index contributed by atoms with van der Waals surface area (Å²) in [6, 6.07) is 14.4. The quantitative estimate of drug-likeness (QED) is 0.348. The molecule has 0 radical (unpaired) electrons. The number of aromatic amines is 1. The third-order valence-corrected chi connectivity index (χ3v) is 6.01. The first-order chi connectivity index (χ1) is 15.0. The number of hydrogen-bond acceptors (Lipinski definition) is 4. The molecule has 3 aromatic rings. The van der Waals surface area contributed by atoms with Crippen molar-refractivity contribution >= 4 is 44.2 Å². The first-order valence-electron chi connectivity index (χ1n) is 9.70. The molecule has 31 heavy (non-hydrogen) atoms. The molecule has 1 N–H and O–H groups in total. The summed E-state index contributed by atoms with van der Waals surface area (Å²) in [5.74, 6) is -1.97. The van der Waals surface area contributed by atoms with Crippen LogP contribution in [0, 0.1) is 17.1 Å². The van der Waals surface area contributed by atoms with Crippen molar-refractivity contribution in [3.8, 4) is 6.07 Å². The summed E-state index contributed by atoms with van der Waals surface area (Å²) < 4.78 is 15.0. The number of carbonyl (C=O) groups excluding carboxylic acids is 2. The lowest BCUT2D eigenvalue weighted by molar-refractivity contribution is -0.127.